The van der Waals surface area contributed by atoms with E-state index in [1.54, 1.807) is 72.0 Å². The van der Waals surface area contributed by atoms with Crippen molar-refractivity contribution in [2.75, 3.05) is 56.7 Å². The molecule has 0 saturated carbocycles. The first-order valence-corrected chi connectivity index (χ1v) is 35.6. The number of aromatic nitrogens is 4. The van der Waals surface area contributed by atoms with Crippen LogP contribution < -0.4 is 30.3 Å². The van der Waals surface area contributed by atoms with E-state index in [-0.39, 0.29) is 11.6 Å². The number of benzene rings is 9. The minimum atomic E-state index is -0.648. The number of para-hydroxylation sites is 4. The van der Waals surface area contributed by atoms with Crippen molar-refractivity contribution in [1.29, 1.82) is 0 Å². The van der Waals surface area contributed by atoms with Gasteiger partial charge in [0, 0.05) is 148 Å². The number of aromatic amines is 4. The minimum absolute atomic E-state index is 0. The molecule has 5 heterocycles. The van der Waals surface area contributed by atoms with Crippen LogP contribution in [0.2, 0.25) is 0 Å². The number of amides is 5. The number of hydrogen-bond donors (Lipinski definition) is 7. The Labute approximate surface area is 632 Å². The number of ketones is 4. The summed E-state index contributed by atoms with van der Waals surface area (Å²) in [6.45, 7) is 5.54. The SMILES string of the molecule is CC(=O)Nc1ccc(OCCCNC(=O)C(=O)c2c[nH]c3ccc(Br)cc23)cc1.COc1ccccc1N1CCN(C(=O)C(=O)c2c[nH]c3ccc(Br)cc23)CC1.O=C(C(=O)N(Cc1ccccc1)Cc1ccccc1)c1c[nH]c2ccccc12.O=C(NCc1ccccc1)C(=O)c1c[nH]c2ccccc12.[HH].[HH].[HH].[HH]. The van der Waals surface area contributed by atoms with E-state index in [1.807, 2.05) is 194 Å². The quantitative estimate of drug-likeness (QED) is 0.0189. The fraction of sp³-hybridized carbons (Fsp3) is 0.145. The molecule has 0 bridgehead atoms. The molecular formula is C83H82Br2N10O11. The number of fused-ring (bicyclic) bond motifs is 4. The van der Waals surface area contributed by atoms with E-state index in [4.69, 9.17) is 9.47 Å². The number of rotatable bonds is 22. The number of methoxy groups -OCH3 is 1. The third-order valence-electron chi connectivity index (χ3n) is 17.3. The Morgan fingerprint density at radius 2 is 0.915 bits per heavy atom. The molecule has 0 atom stereocenters. The number of nitrogens with zero attached hydrogens (tertiary/aromatic N) is 3. The summed E-state index contributed by atoms with van der Waals surface area (Å²) in [4.78, 5) is 129. The van der Waals surface area contributed by atoms with E-state index >= 15 is 0 Å². The summed E-state index contributed by atoms with van der Waals surface area (Å²) in [6.07, 6.45) is 6.91. The van der Waals surface area contributed by atoms with Gasteiger partial charge in [0.25, 0.3) is 46.8 Å². The fourth-order valence-electron chi connectivity index (χ4n) is 11.9. The standard InChI is InChI=1S/C24H20N2O2.C21H20BrN3O4.C21H20BrN3O3.C17H14N2O2.4H2/c27-23(21-15-25-22-14-8-7-13-20(21)22)24(28)26(16-18-9-3-1-4-10-18)17-19-11-5-2-6-12-19;1-13(26)25-15-4-6-16(7-5-15)29-10-2-9-23-21(28)20(27)18-12-24-19-8-3-14(22)11-17(18)19;1-28-19-5-3-2-4-18(19)24-8-10-25(11-9-24)21(27)20(26)16-13-23-17-7-6-14(22)12-15(16)17;20-16(14-11-18-15-9-5-4-8-13(14)15)17(21)19-10-12-6-2-1-3-7-12;;;;/h1-15,25H,16-17H2;3-8,11-12,24H,2,9-10H2,1H3,(H,23,28)(H,25,26);2-7,12-13,23H,8-11H2,1H3;1-9,11,18H,10H2,(H,19,21);4*1H. The Morgan fingerprint density at radius 1 is 0.472 bits per heavy atom. The normalized spacial score (nSPS) is 11.6. The summed E-state index contributed by atoms with van der Waals surface area (Å²) in [7, 11) is 1.65. The molecule has 0 spiro atoms. The maximum atomic E-state index is 13.2. The number of nitrogens with one attached hydrogen (secondary N) is 7. The molecule has 544 valence electrons. The van der Waals surface area contributed by atoms with Crippen molar-refractivity contribution < 1.29 is 58.3 Å². The molecule has 0 aliphatic carbocycles. The summed E-state index contributed by atoms with van der Waals surface area (Å²) >= 11 is 6.79. The monoisotopic (exact) mass is 1550 g/mol. The Kier molecular flexibility index (Phi) is 25.4. The van der Waals surface area contributed by atoms with Crippen LogP contribution in [0.4, 0.5) is 11.4 Å². The van der Waals surface area contributed by atoms with E-state index in [1.165, 1.54) is 6.92 Å². The predicted octanol–water partition coefficient (Wildman–Crippen LogP) is 15.4. The molecular weight excluding hydrogens is 1470 g/mol. The Balaban J connectivity index is 0.000000203. The van der Waals surface area contributed by atoms with Crippen LogP contribution in [-0.4, -0.2) is 129 Å². The zero-order valence-corrected chi connectivity index (χ0v) is 61.0. The third kappa shape index (κ3) is 19.2. The third-order valence-corrected chi connectivity index (χ3v) is 18.3. The number of carbonyl (C=O) groups excluding carboxylic acids is 9. The topological polar surface area (TPSA) is 281 Å². The van der Waals surface area contributed by atoms with Crippen LogP contribution >= 0.6 is 31.9 Å². The fourth-order valence-corrected chi connectivity index (χ4v) is 12.7. The van der Waals surface area contributed by atoms with Gasteiger partial charge in [-0.15, -0.1) is 0 Å². The van der Waals surface area contributed by atoms with Crippen LogP contribution in [0.3, 0.4) is 0 Å². The van der Waals surface area contributed by atoms with Gasteiger partial charge in [0.1, 0.15) is 11.5 Å². The lowest BCUT2D eigenvalue weighted by atomic mass is 10.1. The van der Waals surface area contributed by atoms with Crippen LogP contribution in [0.25, 0.3) is 43.6 Å². The van der Waals surface area contributed by atoms with Crippen molar-refractivity contribution in [3.8, 4) is 11.5 Å². The van der Waals surface area contributed by atoms with Crippen molar-refractivity contribution in [2.24, 2.45) is 0 Å². The summed E-state index contributed by atoms with van der Waals surface area (Å²) in [5.41, 5.74) is 9.50. The molecule has 0 radical (unpaired) electrons. The van der Waals surface area contributed by atoms with Gasteiger partial charge in [-0.2, -0.15) is 0 Å². The molecule has 106 heavy (non-hydrogen) atoms. The van der Waals surface area contributed by atoms with Crippen LogP contribution in [-0.2, 0) is 43.6 Å². The van der Waals surface area contributed by atoms with Crippen molar-refractivity contribution in [2.45, 2.75) is 33.0 Å². The smallest absolute Gasteiger partial charge is 0.295 e. The second-order valence-electron chi connectivity index (χ2n) is 24.5. The molecule has 1 saturated heterocycles. The van der Waals surface area contributed by atoms with Gasteiger partial charge in [0.2, 0.25) is 5.91 Å². The molecule has 9 aromatic carbocycles. The average Bonchev–Trinajstić information content (AvgIpc) is 1.62. The molecule has 21 nitrogen and oxygen atoms in total. The molecule has 1 aliphatic heterocycles. The second-order valence-corrected chi connectivity index (χ2v) is 26.3. The van der Waals surface area contributed by atoms with Crippen molar-refractivity contribution in [3.05, 3.63) is 297 Å². The zero-order valence-electron chi connectivity index (χ0n) is 57.8. The largest absolute Gasteiger partial charge is 0.495 e. The number of hydrogen-bond acceptors (Lipinski definition) is 12. The summed E-state index contributed by atoms with van der Waals surface area (Å²) < 4.78 is 12.7. The number of Topliss-reactive ketones (excluding diaryl/α,β-unsaturated/α-hetero) is 4. The van der Waals surface area contributed by atoms with E-state index in [0.717, 1.165) is 75.3 Å². The van der Waals surface area contributed by atoms with Gasteiger partial charge in [-0.05, 0) is 108 Å². The van der Waals surface area contributed by atoms with Crippen molar-refractivity contribution in [3.63, 3.8) is 0 Å². The Hall–Kier alpha value is -12.5. The highest BCUT2D eigenvalue weighted by atomic mass is 79.9. The van der Waals surface area contributed by atoms with Gasteiger partial charge in [-0.1, -0.05) is 171 Å². The van der Waals surface area contributed by atoms with Gasteiger partial charge in [-0.3, -0.25) is 43.2 Å². The van der Waals surface area contributed by atoms with E-state index in [2.05, 4.69) is 72.6 Å². The molecule has 14 rings (SSSR count). The highest BCUT2D eigenvalue weighted by molar-refractivity contribution is 9.10. The highest BCUT2D eigenvalue weighted by Gasteiger charge is 2.30. The highest BCUT2D eigenvalue weighted by Crippen LogP contribution is 2.30. The molecule has 13 aromatic rings. The minimum Gasteiger partial charge on any atom is -0.495 e. The summed E-state index contributed by atoms with van der Waals surface area (Å²) in [6, 6.07) is 69.8. The van der Waals surface area contributed by atoms with Crippen LogP contribution in [0, 0.1) is 0 Å². The molecule has 4 aromatic heterocycles. The first-order valence-electron chi connectivity index (χ1n) is 34.0. The molecule has 23 heteroatoms. The van der Waals surface area contributed by atoms with Crippen LogP contribution in [0.15, 0.2) is 258 Å². The van der Waals surface area contributed by atoms with Crippen molar-refractivity contribution >= 4 is 140 Å². The van der Waals surface area contributed by atoms with Crippen LogP contribution in [0.1, 0.15) is 77.2 Å². The number of piperazine rings is 1. The molecule has 5 amide bonds. The zero-order chi connectivity index (χ0) is 74.5. The Morgan fingerprint density at radius 3 is 1.43 bits per heavy atom. The molecule has 0 unspecified atom stereocenters. The Bertz CT molecular complexity index is 5270. The number of halogens is 2. The van der Waals surface area contributed by atoms with Gasteiger partial charge >= 0.3 is 0 Å². The maximum Gasteiger partial charge on any atom is 0.295 e. The van der Waals surface area contributed by atoms with Gasteiger partial charge in [-0.25, -0.2) is 0 Å². The van der Waals surface area contributed by atoms with E-state index in [9.17, 15) is 43.2 Å². The van der Waals surface area contributed by atoms with Crippen LogP contribution in [0.5, 0.6) is 11.5 Å². The molecule has 7 N–H and O–H groups in total. The lowest BCUT2D eigenvalue weighted by Crippen LogP contribution is -2.50. The lowest BCUT2D eigenvalue weighted by molar-refractivity contribution is -0.128. The van der Waals surface area contributed by atoms with Gasteiger partial charge in [0.15, 0.2) is 0 Å². The van der Waals surface area contributed by atoms with Crippen molar-refractivity contribution in [1.82, 2.24) is 40.4 Å². The summed E-state index contributed by atoms with van der Waals surface area (Å²) in [5, 5.41) is 10.9. The lowest BCUT2D eigenvalue weighted by Gasteiger charge is -2.36. The number of anilines is 2. The second kappa shape index (κ2) is 36.1. The molecule has 1 aliphatic rings. The first kappa shape index (κ1) is 74.7. The summed E-state index contributed by atoms with van der Waals surface area (Å²) in [5.74, 6) is -2.95. The molecule has 1 fully saturated rings. The predicted molar refractivity (Wildman–Crippen MR) is 425 cm³/mol. The van der Waals surface area contributed by atoms with Gasteiger partial charge < -0.3 is 60.1 Å². The average molecular weight is 1560 g/mol. The number of H-pyrrole nitrogens is 4. The maximum absolute atomic E-state index is 13.2. The van der Waals surface area contributed by atoms with E-state index < -0.39 is 46.8 Å². The van der Waals surface area contributed by atoms with E-state index in [0.29, 0.717) is 104 Å². The number of ether oxygens (including phenoxy) is 2. The van der Waals surface area contributed by atoms with Gasteiger partial charge in [0.05, 0.1) is 41.7 Å². The first-order chi connectivity index (χ1) is 51.5. The number of carbonyl (C=O) groups is 9.